The van der Waals surface area contributed by atoms with E-state index in [4.69, 9.17) is 19.3 Å². The summed E-state index contributed by atoms with van der Waals surface area (Å²) in [6.07, 6.45) is 0. The standard InChI is InChI=1S/C24H30N4O4/c1-5-25-24(29)27(15-16-30-3)17-22-18(2)26-28(19-9-7-6-8-10-19)23(22)32-21-13-11-20(31-4)12-14-21/h6-14H,5,15-17H2,1-4H3,(H,25,29). The summed E-state index contributed by atoms with van der Waals surface area (Å²) in [4.78, 5) is 14.4. The number of ether oxygens (including phenoxy) is 3. The number of rotatable bonds is 10. The van der Waals surface area contributed by atoms with Gasteiger partial charge in [-0.15, -0.1) is 0 Å². The smallest absolute Gasteiger partial charge is 0.317 e. The fourth-order valence-corrected chi connectivity index (χ4v) is 3.23. The minimum absolute atomic E-state index is 0.160. The van der Waals surface area contributed by atoms with E-state index in [1.54, 1.807) is 23.8 Å². The predicted molar refractivity (Wildman–Crippen MR) is 123 cm³/mol. The number of nitrogens with zero attached hydrogens (tertiary/aromatic N) is 3. The van der Waals surface area contributed by atoms with Gasteiger partial charge in [-0.05, 0) is 50.2 Å². The van der Waals surface area contributed by atoms with Crippen LogP contribution in [0.15, 0.2) is 54.6 Å². The topological polar surface area (TPSA) is 77.9 Å². The molecule has 0 atom stereocenters. The predicted octanol–water partition coefficient (Wildman–Crippen LogP) is 4.16. The summed E-state index contributed by atoms with van der Waals surface area (Å²) in [5, 5.41) is 7.59. The number of para-hydroxylation sites is 1. The first-order chi connectivity index (χ1) is 15.6. The average molecular weight is 439 g/mol. The van der Waals surface area contributed by atoms with Crippen LogP contribution >= 0.6 is 0 Å². The van der Waals surface area contributed by atoms with Crippen LogP contribution in [-0.2, 0) is 11.3 Å². The van der Waals surface area contributed by atoms with Crippen LogP contribution < -0.4 is 14.8 Å². The molecule has 0 radical (unpaired) electrons. The lowest BCUT2D eigenvalue weighted by atomic mass is 10.2. The summed E-state index contributed by atoms with van der Waals surface area (Å²) in [5.41, 5.74) is 2.47. The normalized spacial score (nSPS) is 10.6. The number of urea groups is 1. The maximum absolute atomic E-state index is 12.7. The van der Waals surface area contributed by atoms with Gasteiger partial charge in [-0.1, -0.05) is 18.2 Å². The van der Waals surface area contributed by atoms with Crippen molar-refractivity contribution < 1.29 is 19.0 Å². The summed E-state index contributed by atoms with van der Waals surface area (Å²) >= 11 is 0. The number of aromatic nitrogens is 2. The van der Waals surface area contributed by atoms with Gasteiger partial charge in [0.2, 0.25) is 5.88 Å². The molecule has 32 heavy (non-hydrogen) atoms. The van der Waals surface area contributed by atoms with E-state index < -0.39 is 0 Å². The lowest BCUT2D eigenvalue weighted by Crippen LogP contribution is -2.41. The minimum atomic E-state index is -0.160. The molecule has 3 aromatic rings. The van der Waals surface area contributed by atoms with Gasteiger partial charge in [0.05, 0.1) is 37.2 Å². The van der Waals surface area contributed by atoms with Gasteiger partial charge in [0.15, 0.2) is 0 Å². The Kier molecular flexibility index (Phi) is 8.10. The molecule has 2 aromatic carbocycles. The number of carbonyl (C=O) groups is 1. The number of hydrogen-bond acceptors (Lipinski definition) is 5. The van der Waals surface area contributed by atoms with Crippen molar-refractivity contribution in [3.63, 3.8) is 0 Å². The van der Waals surface area contributed by atoms with Gasteiger partial charge < -0.3 is 24.4 Å². The van der Waals surface area contributed by atoms with Crippen molar-refractivity contribution in [2.24, 2.45) is 0 Å². The quantitative estimate of drug-likeness (QED) is 0.514. The van der Waals surface area contributed by atoms with Gasteiger partial charge in [-0.2, -0.15) is 5.10 Å². The first-order valence-corrected chi connectivity index (χ1v) is 10.5. The Morgan fingerprint density at radius 1 is 1.06 bits per heavy atom. The summed E-state index contributed by atoms with van der Waals surface area (Å²) in [7, 11) is 3.24. The molecule has 0 spiro atoms. The van der Waals surface area contributed by atoms with Gasteiger partial charge in [0.25, 0.3) is 0 Å². The highest BCUT2D eigenvalue weighted by atomic mass is 16.5. The second-order valence-electron chi connectivity index (χ2n) is 7.14. The summed E-state index contributed by atoms with van der Waals surface area (Å²) in [5.74, 6) is 1.95. The molecule has 0 unspecified atom stereocenters. The molecule has 1 aromatic heterocycles. The summed E-state index contributed by atoms with van der Waals surface area (Å²) < 4.78 is 18.5. The van der Waals surface area contributed by atoms with Crippen LogP contribution in [-0.4, -0.2) is 54.6 Å². The SMILES string of the molecule is CCNC(=O)N(CCOC)Cc1c(C)nn(-c2ccccc2)c1Oc1ccc(OC)cc1. The number of hydrogen-bond donors (Lipinski definition) is 1. The van der Waals surface area contributed by atoms with Crippen LogP contribution in [0.5, 0.6) is 17.4 Å². The van der Waals surface area contributed by atoms with Crippen molar-refractivity contribution in [2.45, 2.75) is 20.4 Å². The molecule has 2 amide bonds. The third-order valence-electron chi connectivity index (χ3n) is 4.94. The van der Waals surface area contributed by atoms with Crippen LogP contribution in [0.1, 0.15) is 18.2 Å². The molecule has 3 rings (SSSR count). The molecule has 170 valence electrons. The number of benzene rings is 2. The van der Waals surface area contributed by atoms with Gasteiger partial charge in [-0.3, -0.25) is 0 Å². The lowest BCUT2D eigenvalue weighted by molar-refractivity contribution is 0.146. The zero-order chi connectivity index (χ0) is 22.9. The van der Waals surface area contributed by atoms with Crippen molar-refractivity contribution in [3.05, 3.63) is 65.9 Å². The maximum Gasteiger partial charge on any atom is 0.317 e. The molecular weight excluding hydrogens is 408 g/mol. The second-order valence-corrected chi connectivity index (χ2v) is 7.14. The maximum atomic E-state index is 12.7. The van der Waals surface area contributed by atoms with Crippen molar-refractivity contribution in [1.82, 2.24) is 20.0 Å². The molecule has 0 aliphatic rings. The van der Waals surface area contributed by atoms with Crippen LogP contribution in [0.25, 0.3) is 5.69 Å². The summed E-state index contributed by atoms with van der Waals surface area (Å²) in [6, 6.07) is 17.0. The Bertz CT molecular complexity index is 1000. The highest BCUT2D eigenvalue weighted by Gasteiger charge is 2.23. The third-order valence-corrected chi connectivity index (χ3v) is 4.94. The van der Waals surface area contributed by atoms with E-state index in [0.717, 1.165) is 22.7 Å². The molecule has 0 bridgehead atoms. The highest BCUT2D eigenvalue weighted by molar-refractivity contribution is 5.74. The van der Waals surface area contributed by atoms with Gasteiger partial charge in [0.1, 0.15) is 11.5 Å². The van der Waals surface area contributed by atoms with Crippen LogP contribution in [0.2, 0.25) is 0 Å². The van der Waals surface area contributed by atoms with E-state index in [2.05, 4.69) is 5.32 Å². The van der Waals surface area contributed by atoms with E-state index in [-0.39, 0.29) is 6.03 Å². The Balaban J connectivity index is 2.01. The first kappa shape index (κ1) is 23.1. The number of nitrogens with one attached hydrogen (secondary N) is 1. The molecule has 8 heteroatoms. The van der Waals surface area contributed by atoms with E-state index in [9.17, 15) is 4.79 Å². The molecule has 0 saturated heterocycles. The molecule has 8 nitrogen and oxygen atoms in total. The van der Waals surface area contributed by atoms with Gasteiger partial charge >= 0.3 is 6.03 Å². The molecule has 0 fully saturated rings. The first-order valence-electron chi connectivity index (χ1n) is 10.5. The van der Waals surface area contributed by atoms with Gasteiger partial charge in [-0.25, -0.2) is 9.48 Å². The number of aryl methyl sites for hydroxylation is 1. The molecule has 1 heterocycles. The molecule has 0 aliphatic carbocycles. The Morgan fingerprint density at radius 2 is 1.75 bits per heavy atom. The number of methoxy groups -OCH3 is 2. The van der Waals surface area contributed by atoms with Crippen LogP contribution in [0.3, 0.4) is 0 Å². The lowest BCUT2D eigenvalue weighted by Gasteiger charge is -2.23. The Labute approximate surface area is 188 Å². The Morgan fingerprint density at radius 3 is 2.38 bits per heavy atom. The van der Waals surface area contributed by atoms with Crippen molar-refractivity contribution in [1.29, 1.82) is 0 Å². The van der Waals surface area contributed by atoms with E-state index in [1.165, 1.54) is 0 Å². The monoisotopic (exact) mass is 438 g/mol. The highest BCUT2D eigenvalue weighted by Crippen LogP contribution is 2.32. The van der Waals surface area contributed by atoms with Crippen LogP contribution in [0.4, 0.5) is 4.79 Å². The van der Waals surface area contributed by atoms with E-state index >= 15 is 0 Å². The third kappa shape index (κ3) is 5.59. The number of amides is 2. The van der Waals surface area contributed by atoms with Crippen molar-refractivity contribution >= 4 is 6.03 Å². The summed E-state index contributed by atoms with van der Waals surface area (Å²) in [6.45, 7) is 5.56. The van der Waals surface area contributed by atoms with Crippen LogP contribution in [0, 0.1) is 6.92 Å². The fraction of sp³-hybridized carbons (Fsp3) is 0.333. The fourth-order valence-electron chi connectivity index (χ4n) is 3.23. The largest absolute Gasteiger partial charge is 0.497 e. The zero-order valence-electron chi connectivity index (χ0n) is 19.0. The Hall–Kier alpha value is -3.52. The zero-order valence-corrected chi connectivity index (χ0v) is 19.0. The number of carbonyl (C=O) groups excluding carboxylic acids is 1. The second kappa shape index (κ2) is 11.2. The molecule has 1 N–H and O–H groups in total. The van der Waals surface area contributed by atoms with Crippen molar-refractivity contribution in [2.75, 3.05) is 33.9 Å². The minimum Gasteiger partial charge on any atom is -0.497 e. The molecule has 0 saturated carbocycles. The molecule has 0 aliphatic heterocycles. The van der Waals surface area contributed by atoms with E-state index in [0.29, 0.717) is 37.9 Å². The molecular formula is C24H30N4O4. The van der Waals surface area contributed by atoms with Gasteiger partial charge in [0, 0.05) is 20.2 Å². The average Bonchev–Trinajstić information content (AvgIpc) is 3.12. The van der Waals surface area contributed by atoms with Crippen molar-refractivity contribution in [3.8, 4) is 23.1 Å². The van der Waals surface area contributed by atoms with E-state index in [1.807, 2.05) is 68.4 Å².